The monoisotopic (exact) mass is 470 g/mol. The number of benzene rings is 3. The highest BCUT2D eigenvalue weighted by Gasteiger charge is 2.18. The Hall–Kier alpha value is -3.57. The molecule has 0 amide bonds. The lowest BCUT2D eigenvalue weighted by molar-refractivity contribution is 0.575. The number of aromatic nitrogens is 1. The zero-order valence-corrected chi connectivity index (χ0v) is 19.6. The molecule has 6 nitrogen and oxygen atoms in total. The van der Waals surface area contributed by atoms with Gasteiger partial charge in [0.1, 0.15) is 0 Å². The molecule has 172 valence electrons. The van der Waals surface area contributed by atoms with Crippen LogP contribution in [0.2, 0.25) is 0 Å². The van der Waals surface area contributed by atoms with Gasteiger partial charge in [0, 0.05) is 36.3 Å². The summed E-state index contributed by atoms with van der Waals surface area (Å²) >= 11 is 0. The zero-order valence-electron chi connectivity index (χ0n) is 18.7. The molecule has 0 saturated heterocycles. The maximum absolute atomic E-state index is 13.2. The van der Waals surface area contributed by atoms with Gasteiger partial charge in [0.2, 0.25) is 10.0 Å². The zero-order chi connectivity index (χ0) is 23.8. The van der Waals surface area contributed by atoms with Crippen LogP contribution in [-0.2, 0) is 16.4 Å². The highest BCUT2D eigenvalue weighted by atomic mass is 32.2. The number of hydrogen-bond acceptors (Lipinski definition) is 5. The first-order chi connectivity index (χ1) is 16.6. The molecule has 1 heterocycles. The SMILES string of the molecule is N#Cc1cccc(CCCNCCNS(=O)(=O)c2cc(-c3ccccc3)cc3cnccc23)c1. The number of fused-ring (bicyclic) bond motifs is 1. The molecule has 1 aromatic heterocycles. The Labute approximate surface area is 200 Å². The molecule has 0 aliphatic rings. The van der Waals surface area contributed by atoms with E-state index in [0.717, 1.165) is 41.5 Å². The van der Waals surface area contributed by atoms with E-state index in [0.29, 0.717) is 17.5 Å². The van der Waals surface area contributed by atoms with Gasteiger partial charge in [0.05, 0.1) is 16.5 Å². The lowest BCUT2D eigenvalue weighted by Gasteiger charge is -2.13. The van der Waals surface area contributed by atoms with Gasteiger partial charge in [-0.3, -0.25) is 4.98 Å². The van der Waals surface area contributed by atoms with E-state index < -0.39 is 10.0 Å². The Morgan fingerprint density at radius 2 is 1.74 bits per heavy atom. The number of nitriles is 1. The van der Waals surface area contributed by atoms with E-state index >= 15 is 0 Å². The minimum Gasteiger partial charge on any atom is -0.315 e. The van der Waals surface area contributed by atoms with Crippen molar-refractivity contribution < 1.29 is 8.42 Å². The van der Waals surface area contributed by atoms with Gasteiger partial charge >= 0.3 is 0 Å². The maximum atomic E-state index is 13.2. The molecule has 7 heteroatoms. The van der Waals surface area contributed by atoms with Crippen LogP contribution in [0.1, 0.15) is 17.5 Å². The maximum Gasteiger partial charge on any atom is 0.241 e. The second-order valence-electron chi connectivity index (χ2n) is 8.00. The molecule has 0 atom stereocenters. The number of hydrogen-bond donors (Lipinski definition) is 2. The molecule has 34 heavy (non-hydrogen) atoms. The summed E-state index contributed by atoms with van der Waals surface area (Å²) in [5.41, 5.74) is 3.58. The summed E-state index contributed by atoms with van der Waals surface area (Å²) in [7, 11) is -3.71. The third kappa shape index (κ3) is 5.86. The smallest absolute Gasteiger partial charge is 0.241 e. The molecule has 2 N–H and O–H groups in total. The minimum absolute atomic E-state index is 0.253. The molecular formula is C27H26N4O2S. The highest BCUT2D eigenvalue weighted by Crippen LogP contribution is 2.30. The van der Waals surface area contributed by atoms with E-state index in [2.05, 4.69) is 21.1 Å². The van der Waals surface area contributed by atoms with E-state index in [4.69, 9.17) is 5.26 Å². The second kappa shape index (κ2) is 11.0. The lowest BCUT2D eigenvalue weighted by Crippen LogP contribution is -2.32. The molecule has 4 rings (SSSR count). The van der Waals surface area contributed by atoms with Gasteiger partial charge in [-0.15, -0.1) is 0 Å². The van der Waals surface area contributed by atoms with Crippen molar-refractivity contribution in [3.8, 4) is 17.2 Å². The van der Waals surface area contributed by atoms with Gasteiger partial charge in [0.25, 0.3) is 0 Å². The van der Waals surface area contributed by atoms with Crippen molar-refractivity contribution in [1.82, 2.24) is 15.0 Å². The Bertz CT molecular complexity index is 1410. The summed E-state index contributed by atoms with van der Waals surface area (Å²) in [5, 5.41) is 13.7. The van der Waals surface area contributed by atoms with Gasteiger partial charge in [-0.2, -0.15) is 5.26 Å². The molecule has 4 aromatic rings. The summed E-state index contributed by atoms with van der Waals surface area (Å²) in [6, 6.07) is 24.9. The highest BCUT2D eigenvalue weighted by molar-refractivity contribution is 7.89. The molecule has 0 saturated carbocycles. The Morgan fingerprint density at radius 3 is 2.56 bits per heavy atom. The summed E-state index contributed by atoms with van der Waals surface area (Å²) < 4.78 is 29.1. The summed E-state index contributed by atoms with van der Waals surface area (Å²) in [4.78, 5) is 4.42. The van der Waals surface area contributed by atoms with Gasteiger partial charge in [0.15, 0.2) is 0 Å². The van der Waals surface area contributed by atoms with Crippen molar-refractivity contribution in [2.45, 2.75) is 17.7 Å². The van der Waals surface area contributed by atoms with E-state index in [9.17, 15) is 8.42 Å². The fourth-order valence-electron chi connectivity index (χ4n) is 3.88. The van der Waals surface area contributed by atoms with Crippen molar-refractivity contribution in [3.63, 3.8) is 0 Å². The molecule has 0 spiro atoms. The summed E-state index contributed by atoms with van der Waals surface area (Å²) in [6.45, 7) is 1.57. The van der Waals surface area contributed by atoms with E-state index in [1.54, 1.807) is 30.6 Å². The van der Waals surface area contributed by atoms with E-state index in [1.165, 1.54) is 0 Å². The predicted molar refractivity (Wildman–Crippen MR) is 135 cm³/mol. The van der Waals surface area contributed by atoms with Gasteiger partial charge in [-0.1, -0.05) is 42.5 Å². The first-order valence-corrected chi connectivity index (χ1v) is 12.7. The molecule has 0 radical (unpaired) electrons. The van der Waals surface area contributed by atoms with Crippen molar-refractivity contribution >= 4 is 20.8 Å². The normalized spacial score (nSPS) is 11.4. The van der Waals surface area contributed by atoms with Gasteiger partial charge < -0.3 is 5.32 Å². The number of nitrogens with one attached hydrogen (secondary N) is 2. The molecular weight excluding hydrogens is 444 g/mol. The molecule has 0 bridgehead atoms. The van der Waals surface area contributed by atoms with Crippen LogP contribution in [0.5, 0.6) is 0 Å². The Balaban J connectivity index is 1.36. The first-order valence-electron chi connectivity index (χ1n) is 11.2. The van der Waals surface area contributed by atoms with Crippen molar-refractivity contribution in [2.24, 2.45) is 0 Å². The standard InChI is InChI=1S/C27H26N4O2S/c28-19-22-7-4-6-21(16-22)8-5-12-29-14-15-31-34(32,33)27-18-24(23-9-2-1-3-10-23)17-25-20-30-13-11-26(25)27/h1-4,6-7,9-11,13,16-18,20,29,31H,5,8,12,14-15H2. The molecule has 3 aromatic carbocycles. The Morgan fingerprint density at radius 1 is 0.882 bits per heavy atom. The summed E-state index contributed by atoms with van der Waals surface area (Å²) in [6.07, 6.45) is 5.06. The van der Waals surface area contributed by atoms with E-state index in [-0.39, 0.29) is 11.4 Å². The third-order valence-electron chi connectivity index (χ3n) is 5.58. The van der Waals surface area contributed by atoms with Crippen LogP contribution in [0.15, 0.2) is 90.1 Å². The van der Waals surface area contributed by atoms with Crippen LogP contribution in [0.25, 0.3) is 21.9 Å². The van der Waals surface area contributed by atoms with Crippen LogP contribution >= 0.6 is 0 Å². The number of nitrogens with zero attached hydrogens (tertiary/aromatic N) is 2. The number of pyridine rings is 1. The van der Waals surface area contributed by atoms with Crippen LogP contribution in [0, 0.1) is 11.3 Å². The number of sulfonamides is 1. The first kappa shape index (κ1) is 23.6. The Kier molecular flexibility index (Phi) is 7.65. The topological polar surface area (TPSA) is 94.9 Å². The van der Waals surface area contributed by atoms with Crippen molar-refractivity contribution in [3.05, 3.63) is 96.3 Å². The number of aryl methyl sites for hydroxylation is 1. The summed E-state index contributed by atoms with van der Waals surface area (Å²) in [5.74, 6) is 0. The largest absolute Gasteiger partial charge is 0.315 e. The lowest BCUT2D eigenvalue weighted by atomic mass is 10.0. The molecule has 0 aliphatic heterocycles. The van der Waals surface area contributed by atoms with Crippen molar-refractivity contribution in [1.29, 1.82) is 5.26 Å². The molecule has 0 unspecified atom stereocenters. The second-order valence-corrected chi connectivity index (χ2v) is 9.74. The van der Waals surface area contributed by atoms with Crippen LogP contribution in [0.3, 0.4) is 0 Å². The fraction of sp³-hybridized carbons (Fsp3) is 0.185. The minimum atomic E-state index is -3.71. The average molecular weight is 471 g/mol. The molecule has 0 aliphatic carbocycles. The van der Waals surface area contributed by atoms with Gasteiger partial charge in [-0.25, -0.2) is 13.1 Å². The van der Waals surface area contributed by atoms with Crippen LogP contribution in [-0.4, -0.2) is 33.0 Å². The average Bonchev–Trinajstić information content (AvgIpc) is 2.88. The third-order valence-corrected chi connectivity index (χ3v) is 7.08. The van der Waals surface area contributed by atoms with Crippen LogP contribution in [0.4, 0.5) is 0 Å². The predicted octanol–water partition coefficient (Wildman–Crippen LogP) is 4.27. The van der Waals surface area contributed by atoms with Gasteiger partial charge in [-0.05, 0) is 66.4 Å². The van der Waals surface area contributed by atoms with Crippen molar-refractivity contribution in [2.75, 3.05) is 19.6 Å². The molecule has 0 fully saturated rings. The fourth-order valence-corrected chi connectivity index (χ4v) is 5.17. The number of rotatable bonds is 10. The quantitative estimate of drug-likeness (QED) is 0.338. The van der Waals surface area contributed by atoms with E-state index in [1.807, 2.05) is 54.6 Å². The van der Waals surface area contributed by atoms with Crippen LogP contribution < -0.4 is 10.0 Å².